The Labute approximate surface area is 81.1 Å². The van der Waals surface area contributed by atoms with Crippen molar-refractivity contribution in [3.63, 3.8) is 0 Å². The van der Waals surface area contributed by atoms with E-state index in [0.29, 0.717) is 22.7 Å². The number of hydrogen-bond donors (Lipinski definition) is 0. The van der Waals surface area contributed by atoms with Crippen LogP contribution in [0.1, 0.15) is 0 Å². The third kappa shape index (κ3) is 2.20. The highest BCUT2D eigenvalue weighted by molar-refractivity contribution is 6.33. The van der Waals surface area contributed by atoms with Crippen LogP contribution in [0.2, 0.25) is 0 Å². The highest BCUT2D eigenvalue weighted by atomic mass is 35.5. The second-order valence-corrected chi connectivity index (χ2v) is 3.34. The van der Waals surface area contributed by atoms with Gasteiger partial charge in [0.25, 0.3) is 0 Å². The number of hydrogen-bond acceptors (Lipinski definition) is 0. The number of alkyl halides is 3. The molecule has 0 aromatic carbocycles. The average molecular weight is 222 g/mol. The van der Waals surface area contributed by atoms with Crippen molar-refractivity contribution < 1.29 is 0 Å². The lowest BCUT2D eigenvalue weighted by atomic mass is 9.96. The molecule has 0 saturated carbocycles. The third-order valence-electron chi connectivity index (χ3n) is 1.34. The van der Waals surface area contributed by atoms with Crippen molar-refractivity contribution >= 4 is 46.4 Å². The zero-order valence-corrected chi connectivity index (χ0v) is 8.36. The molecule has 60 valence electrons. The van der Waals surface area contributed by atoms with Crippen LogP contribution in [0.25, 0.3) is 0 Å². The molecule has 0 fully saturated rings. The molecule has 0 heterocycles. The minimum Gasteiger partial charge on any atom is -0.126 e. The third-order valence-corrected chi connectivity index (χ3v) is 3.28. The Hall–Kier alpha value is 0.900. The summed E-state index contributed by atoms with van der Waals surface area (Å²) in [6.45, 7) is 3.55. The van der Waals surface area contributed by atoms with Crippen molar-refractivity contribution in [3.8, 4) is 0 Å². The van der Waals surface area contributed by atoms with Crippen LogP contribution >= 0.6 is 46.4 Å². The van der Waals surface area contributed by atoms with Crippen molar-refractivity contribution in [2.24, 2.45) is 5.41 Å². The highest BCUT2D eigenvalue weighted by Crippen LogP contribution is 2.33. The second kappa shape index (κ2) is 4.71. The number of halogens is 4. The normalized spacial score (nSPS) is 11.6. The van der Waals surface area contributed by atoms with Crippen molar-refractivity contribution in [1.82, 2.24) is 0 Å². The Kier molecular flexibility index (Phi) is 5.14. The lowest BCUT2D eigenvalue weighted by Gasteiger charge is -2.25. The molecule has 0 aromatic heterocycles. The molecule has 0 aliphatic carbocycles. The molecule has 0 aromatic rings. The van der Waals surface area contributed by atoms with Crippen LogP contribution in [0.3, 0.4) is 0 Å². The molecule has 0 amide bonds. The maximum Gasteiger partial charge on any atom is 0.0460 e. The van der Waals surface area contributed by atoms with Gasteiger partial charge in [-0.2, -0.15) is 0 Å². The first kappa shape index (κ1) is 10.9. The lowest BCUT2D eigenvalue weighted by Crippen LogP contribution is -2.27. The highest BCUT2D eigenvalue weighted by Gasteiger charge is 2.29. The molecule has 0 nitrogen and oxygen atoms in total. The summed E-state index contributed by atoms with van der Waals surface area (Å²) in [4.78, 5) is 0. The second-order valence-electron chi connectivity index (χ2n) is 2.09. The topological polar surface area (TPSA) is 0 Å². The van der Waals surface area contributed by atoms with E-state index in [1.807, 2.05) is 0 Å². The van der Waals surface area contributed by atoms with Crippen LogP contribution in [0.15, 0.2) is 11.6 Å². The van der Waals surface area contributed by atoms with Gasteiger partial charge in [-0.1, -0.05) is 18.2 Å². The van der Waals surface area contributed by atoms with Gasteiger partial charge in [-0.3, -0.25) is 0 Å². The lowest BCUT2D eigenvalue weighted by molar-refractivity contribution is 0.556. The predicted octanol–water partition coefficient (Wildman–Crippen LogP) is 3.44. The monoisotopic (exact) mass is 220 g/mol. The van der Waals surface area contributed by atoms with Gasteiger partial charge in [0.2, 0.25) is 0 Å². The van der Waals surface area contributed by atoms with Crippen LogP contribution in [-0.4, -0.2) is 17.6 Å². The molecule has 0 bridgehead atoms. The van der Waals surface area contributed by atoms with Gasteiger partial charge >= 0.3 is 0 Å². The molecule has 0 unspecified atom stereocenters. The number of rotatable bonds is 4. The molecular weight excluding hydrogens is 214 g/mol. The Balaban J connectivity index is 4.31. The van der Waals surface area contributed by atoms with Crippen LogP contribution in [0.5, 0.6) is 0 Å². The average Bonchev–Trinajstić information content (AvgIpc) is 1.92. The van der Waals surface area contributed by atoms with Gasteiger partial charge in [0, 0.05) is 28.1 Å². The van der Waals surface area contributed by atoms with Gasteiger partial charge in [-0.15, -0.1) is 34.8 Å². The van der Waals surface area contributed by atoms with E-state index in [0.717, 1.165) is 0 Å². The summed E-state index contributed by atoms with van der Waals surface area (Å²) in [5.74, 6) is 0.924. The quantitative estimate of drug-likeness (QED) is 0.639. The summed E-state index contributed by atoms with van der Waals surface area (Å²) in [6, 6.07) is 0. The summed E-state index contributed by atoms with van der Waals surface area (Å²) in [5, 5.41) is 0.424. The summed E-state index contributed by atoms with van der Waals surface area (Å²) in [7, 11) is 0. The minimum atomic E-state index is -0.508. The zero-order valence-electron chi connectivity index (χ0n) is 5.34. The van der Waals surface area contributed by atoms with Crippen LogP contribution in [-0.2, 0) is 0 Å². The van der Waals surface area contributed by atoms with Crippen molar-refractivity contribution in [2.75, 3.05) is 17.6 Å². The maximum atomic E-state index is 5.65. The van der Waals surface area contributed by atoms with E-state index in [4.69, 9.17) is 46.4 Å². The van der Waals surface area contributed by atoms with E-state index in [1.165, 1.54) is 0 Å². The molecule has 0 aliphatic heterocycles. The van der Waals surface area contributed by atoms with Gasteiger partial charge < -0.3 is 0 Å². The largest absolute Gasteiger partial charge is 0.126 e. The van der Waals surface area contributed by atoms with Crippen molar-refractivity contribution in [2.45, 2.75) is 0 Å². The summed E-state index contributed by atoms with van der Waals surface area (Å²) in [5.41, 5.74) is -0.508. The van der Waals surface area contributed by atoms with Gasteiger partial charge in [0.1, 0.15) is 0 Å². The maximum absolute atomic E-state index is 5.65. The molecule has 0 saturated heterocycles. The van der Waals surface area contributed by atoms with Gasteiger partial charge in [0.05, 0.1) is 0 Å². The molecule has 0 spiro atoms. The molecular formula is C6H8Cl4. The van der Waals surface area contributed by atoms with E-state index >= 15 is 0 Å². The smallest absolute Gasteiger partial charge is 0.0460 e. The Morgan fingerprint density at radius 1 is 1.10 bits per heavy atom. The SMILES string of the molecule is C=C(Cl)C(CCl)(CCl)CCl. The molecule has 0 atom stereocenters. The fraction of sp³-hybridized carbons (Fsp3) is 0.667. The van der Waals surface area contributed by atoms with Gasteiger partial charge in [-0.25, -0.2) is 0 Å². The summed E-state index contributed by atoms with van der Waals surface area (Å²) >= 11 is 22.5. The number of allylic oxidation sites excluding steroid dienone is 1. The van der Waals surface area contributed by atoms with E-state index in [9.17, 15) is 0 Å². The van der Waals surface area contributed by atoms with Gasteiger partial charge in [0.15, 0.2) is 0 Å². The first-order chi connectivity index (χ1) is 4.63. The molecule has 0 aliphatic rings. The van der Waals surface area contributed by atoms with E-state index < -0.39 is 5.41 Å². The fourth-order valence-electron chi connectivity index (χ4n) is 0.325. The van der Waals surface area contributed by atoms with Crippen LogP contribution < -0.4 is 0 Å². The Morgan fingerprint density at radius 3 is 1.40 bits per heavy atom. The molecule has 10 heavy (non-hydrogen) atoms. The first-order valence-electron chi connectivity index (χ1n) is 2.65. The summed E-state index contributed by atoms with van der Waals surface area (Å²) in [6.07, 6.45) is 0. The standard InChI is InChI=1S/C6H8Cl4/c1-5(10)6(2-7,3-8)4-9/h1-4H2. The van der Waals surface area contributed by atoms with E-state index in [-0.39, 0.29) is 0 Å². The molecule has 4 heteroatoms. The van der Waals surface area contributed by atoms with Crippen LogP contribution in [0.4, 0.5) is 0 Å². The van der Waals surface area contributed by atoms with Crippen molar-refractivity contribution in [3.05, 3.63) is 11.6 Å². The zero-order chi connectivity index (χ0) is 8.20. The molecule has 0 rings (SSSR count). The minimum absolute atomic E-state index is 0.308. The van der Waals surface area contributed by atoms with Crippen molar-refractivity contribution in [1.29, 1.82) is 0 Å². The van der Waals surface area contributed by atoms with E-state index in [1.54, 1.807) is 0 Å². The molecule has 0 radical (unpaired) electrons. The van der Waals surface area contributed by atoms with E-state index in [2.05, 4.69) is 6.58 Å². The van der Waals surface area contributed by atoms with Crippen LogP contribution in [0, 0.1) is 5.41 Å². The predicted molar refractivity (Wildman–Crippen MR) is 49.6 cm³/mol. The molecule has 0 N–H and O–H groups in total. The first-order valence-corrected chi connectivity index (χ1v) is 4.64. The summed E-state index contributed by atoms with van der Waals surface area (Å²) < 4.78 is 0. The van der Waals surface area contributed by atoms with Gasteiger partial charge in [-0.05, 0) is 0 Å². The fourth-order valence-corrected chi connectivity index (χ4v) is 2.07. The Bertz CT molecular complexity index is 109. The Morgan fingerprint density at radius 2 is 1.40 bits per heavy atom.